The van der Waals surface area contributed by atoms with Gasteiger partial charge < -0.3 is 9.88 Å². The number of rotatable bonds is 4. The Morgan fingerprint density at radius 3 is 3.07 bits per heavy atom. The SMILES string of the molecule is C#CCN(CCC)c1nc[nH]c(=O)c1Cl. The largest absolute Gasteiger partial charge is 0.344 e. The van der Waals surface area contributed by atoms with E-state index < -0.39 is 0 Å². The van der Waals surface area contributed by atoms with Crippen LogP contribution in [-0.2, 0) is 0 Å². The van der Waals surface area contributed by atoms with Crippen molar-refractivity contribution in [1.82, 2.24) is 9.97 Å². The van der Waals surface area contributed by atoms with Crippen LogP contribution in [0.3, 0.4) is 0 Å². The van der Waals surface area contributed by atoms with E-state index in [4.69, 9.17) is 18.0 Å². The first-order valence-electron chi connectivity index (χ1n) is 4.62. The highest BCUT2D eigenvalue weighted by Crippen LogP contribution is 2.17. The number of anilines is 1. The van der Waals surface area contributed by atoms with Crippen LogP contribution in [0.4, 0.5) is 5.82 Å². The van der Waals surface area contributed by atoms with Crippen molar-refractivity contribution in [2.75, 3.05) is 18.0 Å². The highest BCUT2D eigenvalue weighted by Gasteiger charge is 2.12. The van der Waals surface area contributed by atoms with Crippen molar-refractivity contribution < 1.29 is 0 Å². The molecule has 0 bridgehead atoms. The summed E-state index contributed by atoms with van der Waals surface area (Å²) >= 11 is 5.84. The molecule has 0 unspecified atom stereocenters. The summed E-state index contributed by atoms with van der Waals surface area (Å²) in [6.07, 6.45) is 7.47. The van der Waals surface area contributed by atoms with Crippen molar-refractivity contribution in [1.29, 1.82) is 0 Å². The molecule has 0 radical (unpaired) electrons. The van der Waals surface area contributed by atoms with E-state index in [9.17, 15) is 4.79 Å². The number of nitrogens with one attached hydrogen (secondary N) is 1. The summed E-state index contributed by atoms with van der Waals surface area (Å²) in [6.45, 7) is 3.13. The zero-order valence-corrected chi connectivity index (χ0v) is 9.21. The van der Waals surface area contributed by atoms with Crippen LogP contribution in [-0.4, -0.2) is 23.1 Å². The van der Waals surface area contributed by atoms with Gasteiger partial charge in [-0.1, -0.05) is 24.4 Å². The molecule has 1 aromatic rings. The standard InChI is InChI=1S/C10H12ClN3O/c1-3-5-14(6-4-2)9-8(11)10(15)13-7-12-9/h1,7H,4-6H2,2H3,(H,12,13,15). The van der Waals surface area contributed by atoms with E-state index in [0.29, 0.717) is 12.4 Å². The molecule has 1 aromatic heterocycles. The lowest BCUT2D eigenvalue weighted by atomic mass is 10.4. The van der Waals surface area contributed by atoms with E-state index in [1.807, 2.05) is 6.92 Å². The van der Waals surface area contributed by atoms with Crippen LogP contribution >= 0.6 is 11.6 Å². The number of hydrogen-bond donors (Lipinski definition) is 1. The maximum Gasteiger partial charge on any atom is 0.271 e. The Hall–Kier alpha value is -1.47. The van der Waals surface area contributed by atoms with Gasteiger partial charge in [-0.3, -0.25) is 4.79 Å². The highest BCUT2D eigenvalue weighted by atomic mass is 35.5. The molecular weight excluding hydrogens is 214 g/mol. The second-order valence-electron chi connectivity index (χ2n) is 2.99. The molecule has 80 valence electrons. The minimum absolute atomic E-state index is 0.0844. The van der Waals surface area contributed by atoms with Crippen molar-refractivity contribution in [3.05, 3.63) is 21.7 Å². The van der Waals surface area contributed by atoms with Crippen LogP contribution in [0.5, 0.6) is 0 Å². The van der Waals surface area contributed by atoms with Crippen LogP contribution in [0, 0.1) is 12.3 Å². The number of aromatic amines is 1. The van der Waals surface area contributed by atoms with Crippen LogP contribution < -0.4 is 10.5 Å². The molecule has 1 rings (SSSR count). The first-order valence-corrected chi connectivity index (χ1v) is 5.00. The number of H-pyrrole nitrogens is 1. The Balaban J connectivity index is 3.06. The van der Waals surface area contributed by atoms with Crippen molar-refractivity contribution in [2.24, 2.45) is 0 Å². The van der Waals surface area contributed by atoms with E-state index in [-0.39, 0.29) is 10.6 Å². The molecule has 0 aromatic carbocycles. The molecule has 5 heteroatoms. The van der Waals surface area contributed by atoms with Crippen LogP contribution in [0.2, 0.25) is 5.02 Å². The Bertz CT molecular complexity index is 421. The predicted octanol–water partition coefficient (Wildman–Crippen LogP) is 1.27. The molecule has 0 spiro atoms. The van der Waals surface area contributed by atoms with Gasteiger partial charge in [0, 0.05) is 6.54 Å². The number of hydrogen-bond acceptors (Lipinski definition) is 3. The third-order valence-electron chi connectivity index (χ3n) is 1.85. The number of nitrogens with zero attached hydrogens (tertiary/aromatic N) is 2. The molecule has 0 fully saturated rings. The summed E-state index contributed by atoms with van der Waals surface area (Å²) < 4.78 is 0. The van der Waals surface area contributed by atoms with Crippen LogP contribution in [0.15, 0.2) is 11.1 Å². The Labute approximate surface area is 93.3 Å². The Morgan fingerprint density at radius 2 is 2.47 bits per heavy atom. The van der Waals surface area contributed by atoms with Crippen LogP contribution in [0.25, 0.3) is 0 Å². The van der Waals surface area contributed by atoms with Gasteiger partial charge in [0.15, 0.2) is 5.82 Å². The molecule has 4 nitrogen and oxygen atoms in total. The van der Waals surface area contributed by atoms with E-state index in [2.05, 4.69) is 15.9 Å². The molecule has 0 aliphatic carbocycles. The maximum atomic E-state index is 11.2. The van der Waals surface area contributed by atoms with Gasteiger partial charge in [-0.25, -0.2) is 4.98 Å². The van der Waals surface area contributed by atoms with Crippen LogP contribution in [0.1, 0.15) is 13.3 Å². The van der Waals surface area contributed by atoms with E-state index in [0.717, 1.165) is 13.0 Å². The fourth-order valence-electron chi connectivity index (χ4n) is 1.23. The van der Waals surface area contributed by atoms with Crippen molar-refractivity contribution in [2.45, 2.75) is 13.3 Å². The lowest BCUT2D eigenvalue weighted by Crippen LogP contribution is -2.27. The van der Waals surface area contributed by atoms with Crippen molar-refractivity contribution in [3.63, 3.8) is 0 Å². The Morgan fingerprint density at radius 1 is 1.73 bits per heavy atom. The molecule has 15 heavy (non-hydrogen) atoms. The second kappa shape index (κ2) is 5.42. The lowest BCUT2D eigenvalue weighted by Gasteiger charge is -2.20. The fraction of sp³-hybridized carbons (Fsp3) is 0.400. The van der Waals surface area contributed by atoms with Gasteiger partial charge in [-0.15, -0.1) is 6.42 Å². The molecule has 0 aliphatic rings. The summed E-state index contributed by atoms with van der Waals surface area (Å²) in [6, 6.07) is 0. The number of aromatic nitrogens is 2. The maximum absolute atomic E-state index is 11.2. The minimum atomic E-state index is -0.347. The molecule has 0 aliphatic heterocycles. The third-order valence-corrected chi connectivity index (χ3v) is 2.19. The lowest BCUT2D eigenvalue weighted by molar-refractivity contribution is 0.804. The monoisotopic (exact) mass is 225 g/mol. The zero-order chi connectivity index (χ0) is 11.3. The number of terminal acetylenes is 1. The van der Waals surface area contributed by atoms with Gasteiger partial charge in [0.05, 0.1) is 12.9 Å². The molecule has 0 amide bonds. The van der Waals surface area contributed by atoms with Gasteiger partial charge in [0.1, 0.15) is 5.02 Å². The highest BCUT2D eigenvalue weighted by molar-refractivity contribution is 6.32. The smallest absolute Gasteiger partial charge is 0.271 e. The second-order valence-corrected chi connectivity index (χ2v) is 3.37. The molecule has 0 saturated heterocycles. The van der Waals surface area contributed by atoms with E-state index in [1.165, 1.54) is 6.33 Å². The summed E-state index contributed by atoms with van der Waals surface area (Å²) in [4.78, 5) is 19.5. The van der Waals surface area contributed by atoms with Gasteiger partial charge >= 0.3 is 0 Å². The normalized spacial score (nSPS) is 9.67. The predicted molar refractivity (Wildman–Crippen MR) is 61.2 cm³/mol. The fourth-order valence-corrected chi connectivity index (χ4v) is 1.46. The van der Waals surface area contributed by atoms with Gasteiger partial charge in [-0.05, 0) is 6.42 Å². The van der Waals surface area contributed by atoms with Gasteiger partial charge in [0.25, 0.3) is 5.56 Å². The third kappa shape index (κ3) is 2.74. The quantitative estimate of drug-likeness (QED) is 0.786. The first-order chi connectivity index (χ1) is 7.20. The summed E-state index contributed by atoms with van der Waals surface area (Å²) in [5.74, 6) is 2.96. The molecule has 0 saturated carbocycles. The molecular formula is C10H12ClN3O. The summed E-state index contributed by atoms with van der Waals surface area (Å²) in [5.41, 5.74) is -0.347. The molecule has 1 N–H and O–H groups in total. The van der Waals surface area contributed by atoms with Crippen molar-refractivity contribution in [3.8, 4) is 12.3 Å². The zero-order valence-electron chi connectivity index (χ0n) is 8.46. The van der Waals surface area contributed by atoms with Gasteiger partial charge in [0.2, 0.25) is 0 Å². The minimum Gasteiger partial charge on any atom is -0.344 e. The number of halogens is 1. The summed E-state index contributed by atoms with van der Waals surface area (Å²) in [7, 11) is 0. The first kappa shape index (κ1) is 11.6. The average molecular weight is 226 g/mol. The van der Waals surface area contributed by atoms with E-state index in [1.54, 1.807) is 4.90 Å². The Kier molecular flexibility index (Phi) is 4.19. The van der Waals surface area contributed by atoms with Gasteiger partial charge in [-0.2, -0.15) is 0 Å². The topological polar surface area (TPSA) is 49.0 Å². The van der Waals surface area contributed by atoms with E-state index >= 15 is 0 Å². The average Bonchev–Trinajstić information content (AvgIpc) is 2.22. The summed E-state index contributed by atoms with van der Waals surface area (Å²) in [5, 5.41) is 0.0844. The molecule has 1 heterocycles. The molecule has 0 atom stereocenters. The van der Waals surface area contributed by atoms with Crippen molar-refractivity contribution >= 4 is 17.4 Å².